The molecule has 0 radical (unpaired) electrons. The van der Waals surface area contributed by atoms with Crippen LogP contribution in [0.2, 0.25) is 0 Å². The Balaban J connectivity index is 2.06. The zero-order chi connectivity index (χ0) is 11.5. The van der Waals surface area contributed by atoms with Gasteiger partial charge in [-0.25, -0.2) is 4.39 Å². The van der Waals surface area contributed by atoms with E-state index in [4.69, 9.17) is 5.11 Å². The normalized spacial score (nSPS) is 13.8. The maximum absolute atomic E-state index is 13.6. The summed E-state index contributed by atoms with van der Waals surface area (Å²) in [6, 6.07) is 3.54. The minimum atomic E-state index is -0.818. The largest absolute Gasteiger partial charge is 0.481 e. The predicted molar refractivity (Wildman–Crippen MR) is 59.0 cm³/mol. The molecule has 16 heavy (non-hydrogen) atoms. The van der Waals surface area contributed by atoms with Gasteiger partial charge < -0.3 is 5.11 Å². The van der Waals surface area contributed by atoms with Crippen LogP contribution in [0, 0.1) is 5.82 Å². The van der Waals surface area contributed by atoms with Crippen LogP contribution in [0.3, 0.4) is 0 Å². The first kappa shape index (κ1) is 11.1. The minimum absolute atomic E-state index is 0.108. The van der Waals surface area contributed by atoms with Gasteiger partial charge in [-0.15, -0.1) is 0 Å². The summed E-state index contributed by atoms with van der Waals surface area (Å²) in [4.78, 5) is 10.4. The third kappa shape index (κ3) is 2.40. The van der Waals surface area contributed by atoms with E-state index in [1.54, 1.807) is 6.07 Å². The van der Waals surface area contributed by atoms with Crippen LogP contribution in [-0.4, -0.2) is 11.1 Å². The van der Waals surface area contributed by atoms with Crippen LogP contribution >= 0.6 is 0 Å². The van der Waals surface area contributed by atoms with E-state index in [1.165, 1.54) is 5.56 Å². The van der Waals surface area contributed by atoms with Crippen LogP contribution in [0.25, 0.3) is 0 Å². The molecule has 0 bridgehead atoms. The van der Waals surface area contributed by atoms with Gasteiger partial charge in [0.25, 0.3) is 0 Å². The van der Waals surface area contributed by atoms with Gasteiger partial charge in [0.15, 0.2) is 0 Å². The highest BCUT2D eigenvalue weighted by molar-refractivity contribution is 5.66. The second-order valence-electron chi connectivity index (χ2n) is 4.31. The number of halogens is 1. The van der Waals surface area contributed by atoms with Gasteiger partial charge in [-0.3, -0.25) is 4.79 Å². The highest BCUT2D eigenvalue weighted by Gasteiger charge is 2.14. The van der Waals surface area contributed by atoms with Crippen LogP contribution in [0.15, 0.2) is 12.1 Å². The average Bonchev–Trinajstić information content (AvgIpc) is 2.64. The number of hydrogen-bond acceptors (Lipinski definition) is 1. The van der Waals surface area contributed by atoms with Crippen molar-refractivity contribution in [1.29, 1.82) is 0 Å². The molecule has 0 amide bonds. The quantitative estimate of drug-likeness (QED) is 0.850. The lowest BCUT2D eigenvalue weighted by molar-refractivity contribution is -0.137. The van der Waals surface area contributed by atoms with Crippen LogP contribution in [0.4, 0.5) is 4.39 Å². The molecule has 0 fully saturated rings. The molecule has 1 aliphatic rings. The number of rotatable bonds is 4. The van der Waals surface area contributed by atoms with Crippen molar-refractivity contribution in [1.82, 2.24) is 0 Å². The molecule has 0 saturated heterocycles. The standard InChI is InChI=1S/C13H15FO2/c14-12-8-10-4-1-3-9(10)7-11(12)5-2-6-13(15)16/h7-8H,1-6H2,(H,15,16). The van der Waals surface area contributed by atoms with E-state index in [9.17, 15) is 9.18 Å². The molecular formula is C13H15FO2. The molecule has 86 valence electrons. The van der Waals surface area contributed by atoms with Gasteiger partial charge in [0.05, 0.1) is 0 Å². The summed E-state index contributed by atoms with van der Waals surface area (Å²) in [5.74, 6) is -0.993. The topological polar surface area (TPSA) is 37.3 Å². The van der Waals surface area contributed by atoms with Crippen LogP contribution < -0.4 is 0 Å². The summed E-state index contributed by atoms with van der Waals surface area (Å²) in [6.07, 6.45) is 4.24. The van der Waals surface area contributed by atoms with E-state index in [-0.39, 0.29) is 12.2 Å². The van der Waals surface area contributed by atoms with Gasteiger partial charge in [0, 0.05) is 6.42 Å². The molecule has 0 aliphatic heterocycles. The monoisotopic (exact) mass is 222 g/mol. The van der Waals surface area contributed by atoms with Crippen molar-refractivity contribution in [3.63, 3.8) is 0 Å². The first-order valence-electron chi connectivity index (χ1n) is 5.69. The molecule has 2 rings (SSSR count). The molecule has 0 aromatic heterocycles. The van der Waals surface area contributed by atoms with E-state index < -0.39 is 5.97 Å². The number of carboxylic acids is 1. The number of benzene rings is 1. The minimum Gasteiger partial charge on any atom is -0.481 e. The molecule has 0 atom stereocenters. The van der Waals surface area contributed by atoms with Crippen molar-refractivity contribution in [3.05, 3.63) is 34.6 Å². The molecule has 0 unspecified atom stereocenters. The van der Waals surface area contributed by atoms with Crippen molar-refractivity contribution < 1.29 is 14.3 Å². The van der Waals surface area contributed by atoms with E-state index >= 15 is 0 Å². The van der Waals surface area contributed by atoms with E-state index in [2.05, 4.69) is 0 Å². The average molecular weight is 222 g/mol. The van der Waals surface area contributed by atoms with Gasteiger partial charge >= 0.3 is 5.97 Å². The summed E-state index contributed by atoms with van der Waals surface area (Å²) >= 11 is 0. The summed E-state index contributed by atoms with van der Waals surface area (Å²) in [5, 5.41) is 8.52. The maximum Gasteiger partial charge on any atom is 0.303 e. The Labute approximate surface area is 94.1 Å². The second kappa shape index (κ2) is 4.64. The lowest BCUT2D eigenvalue weighted by atomic mass is 10.0. The zero-order valence-corrected chi connectivity index (χ0v) is 9.13. The second-order valence-corrected chi connectivity index (χ2v) is 4.31. The van der Waals surface area contributed by atoms with E-state index in [1.807, 2.05) is 6.07 Å². The molecule has 2 nitrogen and oxygen atoms in total. The van der Waals surface area contributed by atoms with Gasteiger partial charge in [-0.05, 0) is 54.9 Å². The summed E-state index contributed by atoms with van der Waals surface area (Å²) in [7, 11) is 0. The lowest BCUT2D eigenvalue weighted by Gasteiger charge is -2.06. The fourth-order valence-electron chi connectivity index (χ4n) is 2.27. The molecule has 3 heteroatoms. The number of aryl methyl sites for hydroxylation is 3. The summed E-state index contributed by atoms with van der Waals surface area (Å²) < 4.78 is 13.6. The molecule has 0 saturated carbocycles. The zero-order valence-electron chi connectivity index (χ0n) is 9.13. The molecular weight excluding hydrogens is 207 g/mol. The Bertz CT molecular complexity index is 413. The lowest BCUT2D eigenvalue weighted by Crippen LogP contribution is -1.99. The third-order valence-electron chi connectivity index (χ3n) is 3.10. The highest BCUT2D eigenvalue weighted by atomic mass is 19.1. The summed E-state index contributed by atoms with van der Waals surface area (Å²) in [5.41, 5.74) is 3.04. The molecule has 1 aromatic carbocycles. The molecule has 1 aliphatic carbocycles. The van der Waals surface area contributed by atoms with Crippen molar-refractivity contribution in [2.75, 3.05) is 0 Å². The van der Waals surface area contributed by atoms with Crippen LogP contribution in [0.5, 0.6) is 0 Å². The number of hydrogen-bond donors (Lipinski definition) is 1. The molecule has 0 heterocycles. The maximum atomic E-state index is 13.6. The molecule has 0 spiro atoms. The number of fused-ring (bicyclic) bond motifs is 1. The third-order valence-corrected chi connectivity index (χ3v) is 3.10. The Kier molecular flexibility index (Phi) is 3.22. The van der Waals surface area contributed by atoms with Gasteiger partial charge in [-0.2, -0.15) is 0 Å². The Morgan fingerprint density at radius 3 is 2.69 bits per heavy atom. The molecule has 1 N–H and O–H groups in total. The van der Waals surface area contributed by atoms with Crippen LogP contribution in [0.1, 0.15) is 36.0 Å². The Morgan fingerprint density at radius 1 is 1.31 bits per heavy atom. The Morgan fingerprint density at radius 2 is 2.00 bits per heavy atom. The SMILES string of the molecule is O=C(O)CCCc1cc2c(cc1F)CCC2. The predicted octanol–water partition coefficient (Wildman–Crippen LogP) is 2.72. The Hall–Kier alpha value is -1.38. The van der Waals surface area contributed by atoms with Gasteiger partial charge in [-0.1, -0.05) is 6.07 Å². The fraction of sp³-hybridized carbons (Fsp3) is 0.462. The fourth-order valence-corrected chi connectivity index (χ4v) is 2.27. The number of carbonyl (C=O) groups is 1. The smallest absolute Gasteiger partial charge is 0.303 e. The van der Waals surface area contributed by atoms with Crippen molar-refractivity contribution in [3.8, 4) is 0 Å². The number of carboxylic acid groups (broad SMARTS) is 1. The van der Waals surface area contributed by atoms with Gasteiger partial charge in [0.2, 0.25) is 0 Å². The van der Waals surface area contributed by atoms with Crippen LogP contribution in [-0.2, 0) is 24.1 Å². The van der Waals surface area contributed by atoms with Crippen molar-refractivity contribution >= 4 is 5.97 Å². The first-order chi connectivity index (χ1) is 7.66. The summed E-state index contributed by atoms with van der Waals surface area (Å²) in [6.45, 7) is 0. The van der Waals surface area contributed by atoms with Gasteiger partial charge in [0.1, 0.15) is 5.82 Å². The van der Waals surface area contributed by atoms with Crippen molar-refractivity contribution in [2.24, 2.45) is 0 Å². The molecule has 1 aromatic rings. The van der Waals surface area contributed by atoms with E-state index in [0.717, 1.165) is 24.8 Å². The van der Waals surface area contributed by atoms with E-state index in [0.29, 0.717) is 18.4 Å². The first-order valence-corrected chi connectivity index (χ1v) is 5.69. The van der Waals surface area contributed by atoms with Crippen molar-refractivity contribution in [2.45, 2.75) is 38.5 Å². The highest BCUT2D eigenvalue weighted by Crippen LogP contribution is 2.25. The number of aliphatic carboxylic acids is 1.